The summed E-state index contributed by atoms with van der Waals surface area (Å²) in [4.78, 5) is 30.3. The van der Waals surface area contributed by atoms with Crippen molar-refractivity contribution in [2.75, 3.05) is 52.6 Å². The third kappa shape index (κ3) is 6.57. The molecule has 2 saturated heterocycles. The number of carbonyl (C=O) groups is 2. The predicted molar refractivity (Wildman–Crippen MR) is 135 cm³/mol. The second-order valence-corrected chi connectivity index (χ2v) is 10.4. The number of carbonyl (C=O) groups excluding carboxylic acids is 2. The van der Waals surface area contributed by atoms with E-state index in [9.17, 15) is 9.59 Å². The molecule has 0 saturated carbocycles. The fraction of sp³-hybridized carbons (Fsp3) is 0.577. The van der Waals surface area contributed by atoms with E-state index < -0.39 is 5.60 Å². The first kappa shape index (κ1) is 26.4. The molecule has 0 radical (unpaired) electrons. The van der Waals surface area contributed by atoms with Crippen LogP contribution in [0.5, 0.6) is 5.75 Å². The van der Waals surface area contributed by atoms with Gasteiger partial charge >= 0.3 is 0 Å². The Balaban J connectivity index is 1.53. The molecule has 1 unspecified atom stereocenters. The van der Waals surface area contributed by atoms with Gasteiger partial charge in [-0.05, 0) is 36.6 Å². The number of hydrogen-bond acceptors (Lipinski definition) is 6. The number of halogens is 1. The molecule has 3 heterocycles. The molecule has 2 aliphatic heterocycles. The number of amides is 2. The lowest BCUT2D eigenvalue weighted by Crippen LogP contribution is -2.59. The number of hydrogen-bond donors (Lipinski definition) is 0. The lowest BCUT2D eigenvalue weighted by Gasteiger charge is -2.43. The van der Waals surface area contributed by atoms with E-state index in [-0.39, 0.29) is 31.4 Å². The molecular weight excluding hydrogens is 484 g/mol. The van der Waals surface area contributed by atoms with Crippen LogP contribution in [-0.4, -0.2) is 89.6 Å². The predicted octanol–water partition coefficient (Wildman–Crippen LogP) is 2.81. The van der Waals surface area contributed by atoms with E-state index in [1.54, 1.807) is 45.8 Å². The van der Waals surface area contributed by atoms with Crippen LogP contribution in [0.1, 0.15) is 36.5 Å². The maximum Gasteiger partial charge on any atom is 0.272 e. The van der Waals surface area contributed by atoms with Gasteiger partial charge in [-0.25, -0.2) is 0 Å². The van der Waals surface area contributed by atoms with Crippen molar-refractivity contribution in [3.63, 3.8) is 0 Å². The summed E-state index contributed by atoms with van der Waals surface area (Å²) in [6.45, 7) is 7.43. The summed E-state index contributed by atoms with van der Waals surface area (Å²) >= 11 is 6.12. The second kappa shape index (κ2) is 11.6. The monoisotopic (exact) mass is 518 g/mol. The highest BCUT2D eigenvalue weighted by atomic mass is 35.5. The highest BCUT2D eigenvalue weighted by molar-refractivity contribution is 6.30. The SMILES string of the molecule is CC(C)Cc1cc(C(=O)N2CCOC(COc3cccc(Cl)c3)(CC(=O)N3CCOCC3)C2)n(C)n1. The Kier molecular flexibility index (Phi) is 8.54. The van der Waals surface area contributed by atoms with Gasteiger partial charge in [-0.3, -0.25) is 14.3 Å². The van der Waals surface area contributed by atoms with Crippen molar-refractivity contribution < 1.29 is 23.8 Å². The van der Waals surface area contributed by atoms with Crippen LogP contribution in [0.2, 0.25) is 5.02 Å². The van der Waals surface area contributed by atoms with Crippen LogP contribution in [0, 0.1) is 5.92 Å². The zero-order valence-corrected chi connectivity index (χ0v) is 22.0. The average molecular weight is 519 g/mol. The number of benzene rings is 1. The topological polar surface area (TPSA) is 86.1 Å². The molecule has 196 valence electrons. The summed E-state index contributed by atoms with van der Waals surface area (Å²) in [5, 5.41) is 5.08. The molecule has 0 spiro atoms. The number of nitrogens with zero attached hydrogens (tertiary/aromatic N) is 4. The van der Waals surface area contributed by atoms with Crippen molar-refractivity contribution in [1.82, 2.24) is 19.6 Å². The van der Waals surface area contributed by atoms with Crippen molar-refractivity contribution in [2.45, 2.75) is 32.3 Å². The van der Waals surface area contributed by atoms with Crippen LogP contribution in [0.4, 0.5) is 0 Å². The molecule has 2 aromatic rings. The van der Waals surface area contributed by atoms with Gasteiger partial charge in [-0.2, -0.15) is 5.10 Å². The maximum absolute atomic E-state index is 13.6. The Morgan fingerprint density at radius 3 is 2.61 bits per heavy atom. The number of aryl methyl sites for hydroxylation is 1. The zero-order valence-electron chi connectivity index (χ0n) is 21.2. The van der Waals surface area contributed by atoms with Gasteiger partial charge in [0.1, 0.15) is 23.7 Å². The molecule has 0 bridgehead atoms. The molecule has 2 fully saturated rings. The van der Waals surface area contributed by atoms with Crippen molar-refractivity contribution in [3.05, 3.63) is 46.7 Å². The molecule has 4 rings (SSSR count). The van der Waals surface area contributed by atoms with E-state index in [1.165, 1.54) is 0 Å². The molecule has 1 aromatic heterocycles. The first-order valence-electron chi connectivity index (χ1n) is 12.4. The van der Waals surface area contributed by atoms with E-state index >= 15 is 0 Å². The largest absolute Gasteiger partial charge is 0.490 e. The summed E-state index contributed by atoms with van der Waals surface area (Å²) < 4.78 is 19.3. The normalized spacial score (nSPS) is 20.6. The summed E-state index contributed by atoms with van der Waals surface area (Å²) in [5.74, 6) is 0.850. The number of ether oxygens (including phenoxy) is 3. The van der Waals surface area contributed by atoms with Gasteiger partial charge in [0.25, 0.3) is 5.91 Å². The van der Waals surface area contributed by atoms with E-state index in [2.05, 4.69) is 18.9 Å². The Hall–Kier alpha value is -2.62. The van der Waals surface area contributed by atoms with Gasteiger partial charge in [0, 0.05) is 31.7 Å². The smallest absolute Gasteiger partial charge is 0.272 e. The molecule has 0 N–H and O–H groups in total. The summed E-state index contributed by atoms with van der Waals surface area (Å²) in [6, 6.07) is 8.96. The summed E-state index contributed by atoms with van der Waals surface area (Å²) in [6.07, 6.45) is 0.900. The first-order chi connectivity index (χ1) is 17.2. The molecule has 2 aliphatic rings. The number of aromatic nitrogens is 2. The van der Waals surface area contributed by atoms with Gasteiger partial charge in [0.2, 0.25) is 5.91 Å². The average Bonchev–Trinajstić information content (AvgIpc) is 3.22. The lowest BCUT2D eigenvalue weighted by atomic mass is 9.96. The standard InChI is InChI=1S/C26H35ClN4O5/c1-19(2)13-21-15-23(29(3)28-21)25(33)31-9-12-36-26(17-31,16-24(32)30-7-10-34-11-8-30)18-35-22-6-4-5-20(27)14-22/h4-6,14-15,19H,7-13,16-18H2,1-3H3. The van der Waals surface area contributed by atoms with Gasteiger partial charge < -0.3 is 24.0 Å². The maximum atomic E-state index is 13.6. The molecule has 10 heteroatoms. The molecule has 1 atom stereocenters. The van der Waals surface area contributed by atoms with E-state index in [0.29, 0.717) is 61.8 Å². The third-order valence-electron chi connectivity index (χ3n) is 6.44. The van der Waals surface area contributed by atoms with Crippen molar-refractivity contribution in [3.8, 4) is 5.75 Å². The van der Waals surface area contributed by atoms with E-state index in [1.807, 2.05) is 6.07 Å². The Labute approximate surface area is 217 Å². The summed E-state index contributed by atoms with van der Waals surface area (Å²) in [7, 11) is 1.79. The van der Waals surface area contributed by atoms with Crippen LogP contribution < -0.4 is 4.74 Å². The minimum absolute atomic E-state index is 0.0398. The molecular formula is C26H35ClN4O5. The molecule has 1 aromatic carbocycles. The van der Waals surface area contributed by atoms with Gasteiger partial charge in [0.05, 0.1) is 38.5 Å². The Morgan fingerprint density at radius 2 is 1.89 bits per heavy atom. The van der Waals surface area contributed by atoms with Crippen LogP contribution >= 0.6 is 11.6 Å². The minimum atomic E-state index is -0.995. The molecule has 2 amide bonds. The molecule has 36 heavy (non-hydrogen) atoms. The van der Waals surface area contributed by atoms with Crippen molar-refractivity contribution >= 4 is 23.4 Å². The number of morpholine rings is 2. The van der Waals surface area contributed by atoms with Gasteiger partial charge in [0.15, 0.2) is 0 Å². The summed E-state index contributed by atoms with van der Waals surface area (Å²) in [5.41, 5.74) is 0.421. The fourth-order valence-corrected chi connectivity index (χ4v) is 4.82. The highest BCUT2D eigenvalue weighted by Gasteiger charge is 2.43. The molecule has 9 nitrogen and oxygen atoms in total. The van der Waals surface area contributed by atoms with Crippen molar-refractivity contribution in [2.24, 2.45) is 13.0 Å². The third-order valence-corrected chi connectivity index (χ3v) is 6.67. The van der Waals surface area contributed by atoms with E-state index in [0.717, 1.165) is 12.1 Å². The second-order valence-electron chi connectivity index (χ2n) is 9.92. The zero-order chi connectivity index (χ0) is 25.7. The fourth-order valence-electron chi connectivity index (χ4n) is 4.64. The van der Waals surface area contributed by atoms with Crippen LogP contribution in [0.15, 0.2) is 30.3 Å². The van der Waals surface area contributed by atoms with Crippen molar-refractivity contribution in [1.29, 1.82) is 0 Å². The lowest BCUT2D eigenvalue weighted by molar-refractivity contribution is -0.155. The highest BCUT2D eigenvalue weighted by Crippen LogP contribution is 2.27. The first-order valence-corrected chi connectivity index (χ1v) is 12.8. The van der Waals surface area contributed by atoms with Gasteiger partial charge in [-0.15, -0.1) is 0 Å². The minimum Gasteiger partial charge on any atom is -0.490 e. The Bertz CT molecular complexity index is 1070. The number of rotatable bonds is 8. The van der Waals surface area contributed by atoms with Crippen LogP contribution in [0.25, 0.3) is 0 Å². The molecule has 0 aliphatic carbocycles. The van der Waals surface area contributed by atoms with E-state index in [4.69, 9.17) is 25.8 Å². The quantitative estimate of drug-likeness (QED) is 0.534. The van der Waals surface area contributed by atoms with Crippen LogP contribution in [-0.2, 0) is 27.7 Å². The Morgan fingerprint density at radius 1 is 1.14 bits per heavy atom. The van der Waals surface area contributed by atoms with Crippen LogP contribution in [0.3, 0.4) is 0 Å². The van der Waals surface area contributed by atoms with Gasteiger partial charge in [-0.1, -0.05) is 31.5 Å².